The number of fused-ring (bicyclic) bond motifs is 6. The molecule has 0 spiro atoms. The van der Waals surface area contributed by atoms with Crippen LogP contribution in [0.1, 0.15) is 29.4 Å². The molecule has 0 radical (unpaired) electrons. The Morgan fingerprint density at radius 1 is 0.806 bits per heavy atom. The highest BCUT2D eigenvalue weighted by Crippen LogP contribution is 2.29. The van der Waals surface area contributed by atoms with Crippen LogP contribution >= 0.6 is 0 Å². The second kappa shape index (κ2) is 7.95. The van der Waals surface area contributed by atoms with Crippen molar-refractivity contribution in [1.29, 1.82) is 0 Å². The van der Waals surface area contributed by atoms with Crippen molar-refractivity contribution in [2.45, 2.75) is 19.8 Å². The smallest absolute Gasteiger partial charge is 0.120 e. The summed E-state index contributed by atoms with van der Waals surface area (Å²) in [7, 11) is 3.38. The lowest BCUT2D eigenvalue weighted by Gasteiger charge is -2.09. The van der Waals surface area contributed by atoms with Crippen LogP contribution in [0.25, 0.3) is 21.8 Å². The second-order valence-electron chi connectivity index (χ2n) is 7.82. The first-order chi connectivity index (χ1) is 15.2. The maximum Gasteiger partial charge on any atom is 0.120 e. The van der Waals surface area contributed by atoms with Crippen LogP contribution in [-0.4, -0.2) is 49.2 Å². The summed E-state index contributed by atoms with van der Waals surface area (Å²) in [5.74, 6) is 1.78. The monoisotopic (exact) mass is 414 g/mol. The molecule has 6 heteroatoms. The van der Waals surface area contributed by atoms with Gasteiger partial charge in [0.25, 0.3) is 0 Å². The quantitative estimate of drug-likeness (QED) is 0.499. The van der Waals surface area contributed by atoms with Gasteiger partial charge in [-0.1, -0.05) is 0 Å². The largest absolute Gasteiger partial charge is 0.497 e. The first-order valence-corrected chi connectivity index (χ1v) is 10.6. The van der Waals surface area contributed by atoms with Crippen LogP contribution in [-0.2, 0) is 12.8 Å². The molecule has 0 atom stereocenters. The van der Waals surface area contributed by atoms with E-state index in [9.17, 15) is 0 Å². The second-order valence-corrected chi connectivity index (χ2v) is 7.82. The molecule has 0 unspecified atom stereocenters. The summed E-state index contributed by atoms with van der Waals surface area (Å²) in [6.07, 6.45) is 3.97. The summed E-state index contributed by atoms with van der Waals surface area (Å²) in [6.45, 7) is 3.86. The van der Waals surface area contributed by atoms with Crippen LogP contribution in [0.2, 0.25) is 0 Å². The van der Waals surface area contributed by atoms with E-state index >= 15 is 0 Å². The van der Waals surface area contributed by atoms with Crippen LogP contribution in [0.5, 0.6) is 11.5 Å². The Kier molecular flexibility index (Phi) is 4.98. The van der Waals surface area contributed by atoms with Crippen LogP contribution in [0, 0.1) is 0 Å². The molecule has 2 aliphatic rings. The Bertz CT molecular complexity index is 1330. The highest BCUT2D eigenvalue weighted by molar-refractivity contribution is 6.05. The SMILES string of the molecule is COc1ccc2c3c([nH]c2c1)C(C)=NCC3.COc1ccc2c3c([nH]c2c1)C=NCC3. The molecular formula is C25H26N4O2. The average molecular weight is 415 g/mol. The molecule has 6 nitrogen and oxygen atoms in total. The highest BCUT2D eigenvalue weighted by atomic mass is 16.5. The zero-order valence-electron chi connectivity index (χ0n) is 18.1. The van der Waals surface area contributed by atoms with Crippen molar-refractivity contribution < 1.29 is 9.47 Å². The molecule has 2 aromatic carbocycles. The number of hydrogen-bond acceptors (Lipinski definition) is 4. The van der Waals surface area contributed by atoms with Crippen molar-refractivity contribution in [1.82, 2.24) is 9.97 Å². The fraction of sp³-hybridized carbons (Fsp3) is 0.280. The number of benzene rings is 2. The fourth-order valence-electron chi connectivity index (χ4n) is 4.44. The summed E-state index contributed by atoms with van der Waals surface area (Å²) in [5, 5.41) is 2.59. The molecule has 31 heavy (non-hydrogen) atoms. The van der Waals surface area contributed by atoms with Gasteiger partial charge in [0.1, 0.15) is 11.5 Å². The third-order valence-electron chi connectivity index (χ3n) is 6.04. The summed E-state index contributed by atoms with van der Waals surface area (Å²) in [4.78, 5) is 15.5. The molecule has 0 bridgehead atoms. The van der Waals surface area contributed by atoms with Gasteiger partial charge in [-0.2, -0.15) is 0 Å². The molecule has 158 valence electrons. The van der Waals surface area contributed by atoms with Gasteiger partial charge in [0.05, 0.1) is 31.3 Å². The lowest BCUT2D eigenvalue weighted by Crippen LogP contribution is -2.08. The minimum Gasteiger partial charge on any atom is -0.497 e. The Hall–Kier alpha value is -3.54. The standard InChI is InChI=1S/C13H14N2O.C12H12N2O/c1-8-13-11(5-6-14-8)10-4-3-9(16-2)7-12(10)15-13;1-15-8-2-3-9-10-4-5-13-7-12(10)14-11(9)6-8/h3-4,7,15H,5-6H2,1-2H3;2-3,6-7,14H,4-5H2,1H3. The van der Waals surface area contributed by atoms with E-state index in [1.54, 1.807) is 14.2 Å². The molecule has 2 N–H and O–H groups in total. The molecule has 0 saturated heterocycles. The molecular weight excluding hydrogens is 388 g/mol. The van der Waals surface area contributed by atoms with E-state index in [0.29, 0.717) is 0 Å². The maximum absolute atomic E-state index is 5.23. The zero-order chi connectivity index (χ0) is 21.4. The summed E-state index contributed by atoms with van der Waals surface area (Å²) >= 11 is 0. The van der Waals surface area contributed by atoms with Crippen LogP contribution in [0.4, 0.5) is 0 Å². The normalized spacial score (nSPS) is 14.5. The van der Waals surface area contributed by atoms with Gasteiger partial charge in [-0.05, 0) is 55.2 Å². The van der Waals surface area contributed by atoms with Gasteiger partial charge < -0.3 is 19.4 Å². The van der Waals surface area contributed by atoms with E-state index in [0.717, 1.165) is 59.9 Å². The van der Waals surface area contributed by atoms with Gasteiger partial charge in [0.15, 0.2) is 0 Å². The van der Waals surface area contributed by atoms with Crippen molar-refractivity contribution in [3.05, 3.63) is 58.9 Å². The Morgan fingerprint density at radius 2 is 1.45 bits per heavy atom. The lowest BCUT2D eigenvalue weighted by molar-refractivity contribution is 0.415. The van der Waals surface area contributed by atoms with Gasteiger partial charge in [-0.3, -0.25) is 9.98 Å². The molecule has 0 fully saturated rings. The predicted octanol–water partition coefficient (Wildman–Crippen LogP) is 4.69. The molecule has 4 heterocycles. The summed E-state index contributed by atoms with van der Waals surface area (Å²) < 4.78 is 10.4. The van der Waals surface area contributed by atoms with E-state index in [1.807, 2.05) is 30.5 Å². The average Bonchev–Trinajstić information content (AvgIpc) is 3.37. The van der Waals surface area contributed by atoms with E-state index in [-0.39, 0.29) is 0 Å². The van der Waals surface area contributed by atoms with Gasteiger partial charge in [0, 0.05) is 53.2 Å². The number of rotatable bonds is 2. The highest BCUT2D eigenvalue weighted by Gasteiger charge is 2.17. The van der Waals surface area contributed by atoms with Crippen molar-refractivity contribution in [3.8, 4) is 11.5 Å². The van der Waals surface area contributed by atoms with Crippen LogP contribution < -0.4 is 9.47 Å². The first-order valence-electron chi connectivity index (χ1n) is 10.6. The van der Waals surface area contributed by atoms with Crippen LogP contribution in [0.15, 0.2) is 46.4 Å². The number of hydrogen-bond donors (Lipinski definition) is 2. The van der Waals surface area contributed by atoms with Gasteiger partial charge in [-0.25, -0.2) is 0 Å². The Morgan fingerprint density at radius 3 is 2.16 bits per heavy atom. The minimum absolute atomic E-state index is 0.887. The van der Waals surface area contributed by atoms with Crippen molar-refractivity contribution in [3.63, 3.8) is 0 Å². The van der Waals surface area contributed by atoms with Crippen molar-refractivity contribution >= 4 is 33.7 Å². The van der Waals surface area contributed by atoms with Gasteiger partial charge in [-0.15, -0.1) is 0 Å². The molecule has 4 aromatic rings. The number of aromatic nitrogens is 2. The van der Waals surface area contributed by atoms with E-state index in [4.69, 9.17) is 9.47 Å². The fourth-order valence-corrected chi connectivity index (χ4v) is 4.44. The molecule has 2 aliphatic heterocycles. The third kappa shape index (κ3) is 3.48. The number of ether oxygens (including phenoxy) is 2. The molecule has 0 aliphatic carbocycles. The number of H-pyrrole nitrogens is 2. The minimum atomic E-state index is 0.887. The summed E-state index contributed by atoms with van der Waals surface area (Å²) in [5.41, 5.74) is 8.48. The van der Waals surface area contributed by atoms with E-state index in [1.165, 1.54) is 27.6 Å². The number of methoxy groups -OCH3 is 2. The topological polar surface area (TPSA) is 74.8 Å². The third-order valence-corrected chi connectivity index (χ3v) is 6.04. The van der Waals surface area contributed by atoms with Gasteiger partial charge >= 0.3 is 0 Å². The lowest BCUT2D eigenvalue weighted by atomic mass is 10.0. The molecule has 2 aromatic heterocycles. The van der Waals surface area contributed by atoms with Gasteiger partial charge in [0.2, 0.25) is 0 Å². The van der Waals surface area contributed by atoms with Crippen LogP contribution in [0.3, 0.4) is 0 Å². The predicted molar refractivity (Wildman–Crippen MR) is 127 cm³/mol. The molecule has 0 amide bonds. The summed E-state index contributed by atoms with van der Waals surface area (Å²) in [6, 6.07) is 12.3. The van der Waals surface area contributed by atoms with E-state index < -0.39 is 0 Å². The molecule has 6 rings (SSSR count). The van der Waals surface area contributed by atoms with E-state index in [2.05, 4.69) is 39.0 Å². The maximum atomic E-state index is 5.23. The van der Waals surface area contributed by atoms with Crippen molar-refractivity contribution in [2.24, 2.45) is 9.98 Å². The number of nitrogens with zero attached hydrogens (tertiary/aromatic N) is 2. The number of nitrogens with one attached hydrogen (secondary N) is 2. The zero-order valence-corrected chi connectivity index (χ0v) is 18.1. The first kappa shape index (κ1) is 19.4. The number of aliphatic imine (C=N–C) groups is 2. The van der Waals surface area contributed by atoms with Crippen molar-refractivity contribution in [2.75, 3.05) is 27.3 Å². The Labute approximate surface area is 181 Å². The molecule has 0 saturated carbocycles. The Balaban J connectivity index is 0.000000132. The number of aromatic amines is 2.